The Balaban J connectivity index is 2.10. The van der Waals surface area contributed by atoms with Gasteiger partial charge in [-0.15, -0.1) is 0 Å². The first-order valence-electron chi connectivity index (χ1n) is 5.33. The molecule has 4 nitrogen and oxygen atoms in total. The highest BCUT2D eigenvalue weighted by Crippen LogP contribution is 2.15. The van der Waals surface area contributed by atoms with Crippen molar-refractivity contribution >= 4 is 27.6 Å². The third-order valence-corrected chi connectivity index (χ3v) is 2.95. The van der Waals surface area contributed by atoms with Gasteiger partial charge in [-0.25, -0.2) is 4.79 Å². The van der Waals surface area contributed by atoms with E-state index in [9.17, 15) is 4.79 Å². The molecule has 0 aliphatic rings. The summed E-state index contributed by atoms with van der Waals surface area (Å²) in [5.74, 6) is -0.962. The van der Waals surface area contributed by atoms with Crippen molar-refractivity contribution in [3.8, 4) is 0 Å². The van der Waals surface area contributed by atoms with Gasteiger partial charge in [-0.3, -0.25) is 4.98 Å². The Bertz CT molecular complexity index is 555. The minimum absolute atomic E-state index is 0.224. The Morgan fingerprint density at radius 1 is 1.28 bits per heavy atom. The zero-order valence-corrected chi connectivity index (χ0v) is 11.0. The number of benzene rings is 1. The largest absolute Gasteiger partial charge is 0.478 e. The molecule has 0 unspecified atom stereocenters. The minimum atomic E-state index is -0.962. The molecule has 0 saturated heterocycles. The standard InChI is InChI=1S/C13H11BrN2O2/c14-9-3-5-10(6-4-9)16-8-12-11(13(17)18)2-1-7-15-12/h1-7,16H,8H2,(H,17,18). The van der Waals surface area contributed by atoms with Crippen molar-refractivity contribution in [3.05, 3.63) is 58.3 Å². The van der Waals surface area contributed by atoms with Gasteiger partial charge < -0.3 is 10.4 Å². The van der Waals surface area contributed by atoms with Crippen LogP contribution in [0.25, 0.3) is 0 Å². The van der Waals surface area contributed by atoms with Crippen LogP contribution in [0.1, 0.15) is 16.1 Å². The van der Waals surface area contributed by atoms with Crippen LogP contribution >= 0.6 is 15.9 Å². The summed E-state index contributed by atoms with van der Waals surface area (Å²) in [6.45, 7) is 0.379. The van der Waals surface area contributed by atoms with Crippen molar-refractivity contribution < 1.29 is 9.90 Å². The van der Waals surface area contributed by atoms with E-state index in [4.69, 9.17) is 5.11 Å². The highest BCUT2D eigenvalue weighted by molar-refractivity contribution is 9.10. The number of carboxylic acids is 1. The van der Waals surface area contributed by atoms with Gasteiger partial charge in [0.05, 0.1) is 17.8 Å². The first-order chi connectivity index (χ1) is 8.66. The van der Waals surface area contributed by atoms with Crippen molar-refractivity contribution in [1.82, 2.24) is 4.98 Å². The van der Waals surface area contributed by atoms with Crippen molar-refractivity contribution in [1.29, 1.82) is 0 Å². The van der Waals surface area contributed by atoms with Crippen molar-refractivity contribution in [2.24, 2.45) is 0 Å². The second kappa shape index (κ2) is 5.64. The van der Waals surface area contributed by atoms with Crippen LogP contribution in [-0.2, 0) is 6.54 Å². The lowest BCUT2D eigenvalue weighted by Gasteiger charge is -2.08. The number of rotatable bonds is 4. The number of carbonyl (C=O) groups is 1. The summed E-state index contributed by atoms with van der Waals surface area (Å²) in [6.07, 6.45) is 1.59. The topological polar surface area (TPSA) is 62.2 Å². The summed E-state index contributed by atoms with van der Waals surface area (Å²) in [6, 6.07) is 10.8. The fraction of sp³-hybridized carbons (Fsp3) is 0.0769. The molecule has 0 fully saturated rings. The van der Waals surface area contributed by atoms with Crippen LogP contribution in [0, 0.1) is 0 Å². The number of pyridine rings is 1. The molecule has 1 aromatic heterocycles. The zero-order valence-electron chi connectivity index (χ0n) is 9.43. The molecule has 0 radical (unpaired) electrons. The van der Waals surface area contributed by atoms with Gasteiger partial charge in [0.1, 0.15) is 0 Å². The fourth-order valence-electron chi connectivity index (χ4n) is 1.53. The highest BCUT2D eigenvalue weighted by Gasteiger charge is 2.09. The van der Waals surface area contributed by atoms with Gasteiger partial charge in [0.15, 0.2) is 0 Å². The number of aromatic nitrogens is 1. The number of anilines is 1. The van der Waals surface area contributed by atoms with Gasteiger partial charge in [0, 0.05) is 16.4 Å². The smallest absolute Gasteiger partial charge is 0.337 e. The predicted octanol–water partition coefficient (Wildman–Crippen LogP) is 3.15. The van der Waals surface area contributed by atoms with E-state index in [2.05, 4.69) is 26.2 Å². The summed E-state index contributed by atoms with van der Waals surface area (Å²) in [5.41, 5.74) is 1.66. The monoisotopic (exact) mass is 306 g/mol. The van der Waals surface area contributed by atoms with Crippen LogP contribution in [0.2, 0.25) is 0 Å². The van der Waals surface area contributed by atoms with E-state index < -0.39 is 5.97 Å². The summed E-state index contributed by atoms with van der Waals surface area (Å²) < 4.78 is 0.997. The van der Waals surface area contributed by atoms with Gasteiger partial charge in [-0.1, -0.05) is 15.9 Å². The molecular formula is C13H11BrN2O2. The maximum absolute atomic E-state index is 11.0. The first-order valence-corrected chi connectivity index (χ1v) is 6.13. The normalized spacial score (nSPS) is 10.1. The van der Waals surface area contributed by atoms with Crippen LogP contribution in [0.15, 0.2) is 47.1 Å². The van der Waals surface area contributed by atoms with E-state index >= 15 is 0 Å². The van der Waals surface area contributed by atoms with Gasteiger partial charge in [-0.2, -0.15) is 0 Å². The number of carboxylic acid groups (broad SMARTS) is 1. The molecule has 0 atom stereocenters. The quantitative estimate of drug-likeness (QED) is 0.911. The molecular weight excluding hydrogens is 296 g/mol. The molecule has 5 heteroatoms. The van der Waals surface area contributed by atoms with Crippen LogP contribution in [-0.4, -0.2) is 16.1 Å². The number of nitrogens with one attached hydrogen (secondary N) is 1. The maximum atomic E-state index is 11.0. The van der Waals surface area contributed by atoms with Crippen molar-refractivity contribution in [2.45, 2.75) is 6.54 Å². The molecule has 0 aliphatic carbocycles. The lowest BCUT2D eigenvalue weighted by molar-refractivity contribution is 0.0695. The zero-order chi connectivity index (χ0) is 13.0. The van der Waals surface area contributed by atoms with Gasteiger partial charge in [0.25, 0.3) is 0 Å². The van der Waals surface area contributed by atoms with Crippen molar-refractivity contribution in [3.63, 3.8) is 0 Å². The minimum Gasteiger partial charge on any atom is -0.478 e. The SMILES string of the molecule is O=C(O)c1cccnc1CNc1ccc(Br)cc1. The van der Waals surface area contributed by atoms with Crippen molar-refractivity contribution in [2.75, 3.05) is 5.32 Å². The molecule has 1 heterocycles. The summed E-state index contributed by atoms with van der Waals surface area (Å²) in [4.78, 5) is 15.1. The second-order valence-corrected chi connectivity index (χ2v) is 4.58. The lowest BCUT2D eigenvalue weighted by atomic mass is 10.2. The van der Waals surface area contributed by atoms with Gasteiger partial charge >= 0.3 is 5.97 Å². The number of nitrogens with zero attached hydrogens (tertiary/aromatic N) is 1. The van der Waals surface area contributed by atoms with Gasteiger partial charge in [-0.05, 0) is 36.4 Å². The van der Waals surface area contributed by atoms with E-state index in [-0.39, 0.29) is 5.56 Å². The van der Waals surface area contributed by atoms with E-state index in [1.165, 1.54) is 0 Å². The summed E-state index contributed by atoms with van der Waals surface area (Å²) in [7, 11) is 0. The Hall–Kier alpha value is -1.88. The van der Waals surface area contributed by atoms with E-state index in [0.717, 1.165) is 10.2 Å². The molecule has 2 N–H and O–H groups in total. The molecule has 0 spiro atoms. The van der Waals surface area contributed by atoms with Crippen LogP contribution in [0.4, 0.5) is 5.69 Å². The van der Waals surface area contributed by atoms with Crippen LogP contribution < -0.4 is 5.32 Å². The van der Waals surface area contributed by atoms with E-state index in [1.54, 1.807) is 18.3 Å². The third kappa shape index (κ3) is 3.07. The lowest BCUT2D eigenvalue weighted by Crippen LogP contribution is -2.09. The number of aromatic carboxylic acids is 1. The summed E-state index contributed by atoms with van der Waals surface area (Å²) in [5, 5.41) is 12.2. The molecule has 0 amide bonds. The van der Waals surface area contributed by atoms with E-state index in [1.807, 2.05) is 24.3 Å². The highest BCUT2D eigenvalue weighted by atomic mass is 79.9. The number of halogens is 1. The number of hydrogen-bond donors (Lipinski definition) is 2. The molecule has 0 saturated carbocycles. The first kappa shape index (κ1) is 12.6. The fourth-order valence-corrected chi connectivity index (χ4v) is 1.79. The molecule has 0 aliphatic heterocycles. The molecule has 1 aromatic carbocycles. The van der Waals surface area contributed by atoms with Crippen LogP contribution in [0.5, 0.6) is 0 Å². The Labute approximate surface area is 113 Å². The molecule has 0 bridgehead atoms. The van der Waals surface area contributed by atoms with E-state index in [0.29, 0.717) is 12.2 Å². The Morgan fingerprint density at radius 2 is 2.00 bits per heavy atom. The number of hydrogen-bond acceptors (Lipinski definition) is 3. The molecule has 92 valence electrons. The molecule has 2 aromatic rings. The van der Waals surface area contributed by atoms with Crippen LogP contribution in [0.3, 0.4) is 0 Å². The average molecular weight is 307 g/mol. The molecule has 18 heavy (non-hydrogen) atoms. The average Bonchev–Trinajstić information content (AvgIpc) is 2.38. The van der Waals surface area contributed by atoms with Gasteiger partial charge in [0.2, 0.25) is 0 Å². The molecule has 2 rings (SSSR count). The summed E-state index contributed by atoms with van der Waals surface area (Å²) >= 11 is 3.35. The maximum Gasteiger partial charge on any atom is 0.337 e. The second-order valence-electron chi connectivity index (χ2n) is 3.66. The Kier molecular flexibility index (Phi) is 3.94. The third-order valence-electron chi connectivity index (χ3n) is 2.42. The predicted molar refractivity (Wildman–Crippen MR) is 72.7 cm³/mol. The Morgan fingerprint density at radius 3 is 2.67 bits per heavy atom.